The molecule has 1 aliphatic rings. The molecule has 16 heavy (non-hydrogen) atoms. The lowest BCUT2D eigenvalue weighted by atomic mass is 9.82. The summed E-state index contributed by atoms with van der Waals surface area (Å²) in [5.41, 5.74) is 0. The minimum absolute atomic E-state index is 0.261. The van der Waals surface area contributed by atoms with Crippen LogP contribution in [0.3, 0.4) is 0 Å². The molecule has 0 amide bonds. The number of hydrogen-bond donors (Lipinski definition) is 1. The molecular formula is C13H25NO2. The van der Waals surface area contributed by atoms with Gasteiger partial charge in [0.05, 0.1) is 0 Å². The SMILES string of the molecule is CC(C)CN1CCC(C(C)C)CC1C(=O)O. The van der Waals surface area contributed by atoms with Crippen molar-refractivity contribution >= 4 is 5.97 Å². The van der Waals surface area contributed by atoms with Crippen molar-refractivity contribution in [2.45, 2.75) is 46.6 Å². The van der Waals surface area contributed by atoms with Gasteiger partial charge < -0.3 is 5.11 Å². The van der Waals surface area contributed by atoms with Crippen molar-refractivity contribution in [2.75, 3.05) is 13.1 Å². The fraction of sp³-hybridized carbons (Fsp3) is 0.923. The molecule has 0 aromatic carbocycles. The van der Waals surface area contributed by atoms with Crippen molar-refractivity contribution in [3.63, 3.8) is 0 Å². The smallest absolute Gasteiger partial charge is 0.320 e. The maximum absolute atomic E-state index is 11.3. The number of piperidine rings is 1. The molecule has 3 nitrogen and oxygen atoms in total. The summed E-state index contributed by atoms with van der Waals surface area (Å²) >= 11 is 0. The first-order valence-electron chi connectivity index (χ1n) is 6.38. The fourth-order valence-corrected chi connectivity index (χ4v) is 2.59. The van der Waals surface area contributed by atoms with Gasteiger partial charge in [0.1, 0.15) is 6.04 Å². The summed E-state index contributed by atoms with van der Waals surface area (Å²) in [6.07, 6.45) is 1.97. The second-order valence-electron chi connectivity index (χ2n) is 5.77. The minimum Gasteiger partial charge on any atom is -0.480 e. The third-order valence-corrected chi connectivity index (χ3v) is 3.58. The summed E-state index contributed by atoms with van der Waals surface area (Å²) in [7, 11) is 0. The van der Waals surface area contributed by atoms with Crippen LogP contribution in [-0.2, 0) is 4.79 Å². The average Bonchev–Trinajstić information content (AvgIpc) is 2.16. The van der Waals surface area contributed by atoms with Gasteiger partial charge >= 0.3 is 5.97 Å². The van der Waals surface area contributed by atoms with Crippen LogP contribution in [0, 0.1) is 17.8 Å². The molecular weight excluding hydrogens is 202 g/mol. The third kappa shape index (κ3) is 3.48. The molecule has 0 radical (unpaired) electrons. The Hall–Kier alpha value is -0.570. The van der Waals surface area contributed by atoms with Crippen LogP contribution in [0.2, 0.25) is 0 Å². The van der Waals surface area contributed by atoms with Gasteiger partial charge in [-0.15, -0.1) is 0 Å². The lowest BCUT2D eigenvalue weighted by Gasteiger charge is -2.39. The first kappa shape index (κ1) is 13.5. The summed E-state index contributed by atoms with van der Waals surface area (Å²) in [5.74, 6) is 1.07. The monoisotopic (exact) mass is 227 g/mol. The largest absolute Gasteiger partial charge is 0.480 e. The van der Waals surface area contributed by atoms with Crippen LogP contribution in [0.4, 0.5) is 0 Å². The van der Waals surface area contributed by atoms with Crippen LogP contribution in [-0.4, -0.2) is 35.1 Å². The van der Waals surface area contributed by atoms with Gasteiger partial charge in [0.15, 0.2) is 0 Å². The summed E-state index contributed by atoms with van der Waals surface area (Å²) < 4.78 is 0. The Morgan fingerprint density at radius 2 is 2.00 bits per heavy atom. The van der Waals surface area contributed by atoms with E-state index in [1.54, 1.807) is 0 Å². The first-order valence-corrected chi connectivity index (χ1v) is 6.38. The molecule has 1 aliphatic heterocycles. The predicted octanol–water partition coefficient (Wildman–Crippen LogP) is 2.46. The van der Waals surface area contributed by atoms with E-state index in [-0.39, 0.29) is 6.04 Å². The van der Waals surface area contributed by atoms with Crippen molar-refractivity contribution in [2.24, 2.45) is 17.8 Å². The molecule has 1 heterocycles. The van der Waals surface area contributed by atoms with Gasteiger partial charge in [-0.3, -0.25) is 9.69 Å². The van der Waals surface area contributed by atoms with Crippen LogP contribution in [0.15, 0.2) is 0 Å². The molecule has 1 N–H and O–H groups in total. The van der Waals surface area contributed by atoms with Crippen molar-refractivity contribution in [3.8, 4) is 0 Å². The highest BCUT2D eigenvalue weighted by Crippen LogP contribution is 2.29. The standard InChI is InChI=1S/C13H25NO2/c1-9(2)8-14-6-5-11(10(3)4)7-12(14)13(15)16/h9-12H,5-8H2,1-4H3,(H,15,16). The first-order chi connectivity index (χ1) is 7.41. The van der Waals surface area contributed by atoms with E-state index in [1.807, 2.05) is 0 Å². The Labute approximate surface area is 98.8 Å². The lowest BCUT2D eigenvalue weighted by molar-refractivity contribution is -0.146. The van der Waals surface area contributed by atoms with Crippen LogP contribution >= 0.6 is 0 Å². The summed E-state index contributed by atoms with van der Waals surface area (Å²) in [6.45, 7) is 10.5. The molecule has 0 aromatic rings. The number of nitrogens with zero attached hydrogens (tertiary/aromatic N) is 1. The highest BCUT2D eigenvalue weighted by molar-refractivity contribution is 5.73. The summed E-state index contributed by atoms with van der Waals surface area (Å²) in [5, 5.41) is 9.28. The second kappa shape index (κ2) is 5.67. The highest BCUT2D eigenvalue weighted by atomic mass is 16.4. The maximum Gasteiger partial charge on any atom is 0.320 e. The van der Waals surface area contributed by atoms with Gasteiger partial charge in [0.2, 0.25) is 0 Å². The van der Waals surface area contributed by atoms with Gasteiger partial charge in [-0.25, -0.2) is 0 Å². The van der Waals surface area contributed by atoms with Crippen molar-refractivity contribution < 1.29 is 9.90 Å². The topological polar surface area (TPSA) is 40.5 Å². The average molecular weight is 227 g/mol. The Kier molecular flexibility index (Phi) is 4.78. The van der Waals surface area contributed by atoms with E-state index in [4.69, 9.17) is 0 Å². The van der Waals surface area contributed by atoms with E-state index >= 15 is 0 Å². The number of rotatable bonds is 4. The van der Waals surface area contributed by atoms with Gasteiger partial charge in [-0.2, -0.15) is 0 Å². The second-order valence-corrected chi connectivity index (χ2v) is 5.77. The minimum atomic E-state index is -0.647. The van der Waals surface area contributed by atoms with E-state index in [2.05, 4.69) is 32.6 Å². The van der Waals surface area contributed by atoms with E-state index in [0.717, 1.165) is 25.9 Å². The number of carbonyl (C=O) groups is 1. The van der Waals surface area contributed by atoms with Gasteiger partial charge in [0, 0.05) is 6.54 Å². The number of carboxylic acid groups (broad SMARTS) is 1. The van der Waals surface area contributed by atoms with Crippen LogP contribution < -0.4 is 0 Å². The Morgan fingerprint density at radius 3 is 2.44 bits per heavy atom. The molecule has 0 bridgehead atoms. The summed E-state index contributed by atoms with van der Waals surface area (Å²) in [4.78, 5) is 13.4. The number of hydrogen-bond acceptors (Lipinski definition) is 2. The zero-order valence-electron chi connectivity index (χ0n) is 10.9. The molecule has 1 saturated heterocycles. The van der Waals surface area contributed by atoms with Crippen molar-refractivity contribution in [1.82, 2.24) is 4.90 Å². The van der Waals surface area contributed by atoms with E-state index in [0.29, 0.717) is 17.8 Å². The molecule has 94 valence electrons. The number of carboxylic acids is 1. The number of aliphatic carboxylic acids is 1. The Morgan fingerprint density at radius 1 is 1.38 bits per heavy atom. The molecule has 0 aromatic heterocycles. The normalized spacial score (nSPS) is 27.6. The lowest BCUT2D eigenvalue weighted by Crippen LogP contribution is -2.49. The van der Waals surface area contributed by atoms with E-state index < -0.39 is 5.97 Å². The van der Waals surface area contributed by atoms with Crippen molar-refractivity contribution in [1.29, 1.82) is 0 Å². The molecule has 0 saturated carbocycles. The quantitative estimate of drug-likeness (QED) is 0.802. The molecule has 2 unspecified atom stereocenters. The predicted molar refractivity (Wildman–Crippen MR) is 65.4 cm³/mol. The zero-order valence-corrected chi connectivity index (χ0v) is 10.9. The fourth-order valence-electron chi connectivity index (χ4n) is 2.59. The van der Waals surface area contributed by atoms with Crippen molar-refractivity contribution in [3.05, 3.63) is 0 Å². The van der Waals surface area contributed by atoms with Gasteiger partial charge in [0.25, 0.3) is 0 Å². The summed E-state index contributed by atoms with van der Waals surface area (Å²) in [6, 6.07) is -0.261. The van der Waals surface area contributed by atoms with Crippen LogP contribution in [0.25, 0.3) is 0 Å². The molecule has 1 rings (SSSR count). The van der Waals surface area contributed by atoms with Gasteiger partial charge in [-0.05, 0) is 37.1 Å². The van der Waals surface area contributed by atoms with Crippen LogP contribution in [0.1, 0.15) is 40.5 Å². The molecule has 1 fully saturated rings. The Bertz CT molecular complexity index is 238. The van der Waals surface area contributed by atoms with Crippen LogP contribution in [0.5, 0.6) is 0 Å². The molecule has 3 heteroatoms. The third-order valence-electron chi connectivity index (χ3n) is 3.58. The van der Waals surface area contributed by atoms with Gasteiger partial charge in [-0.1, -0.05) is 27.7 Å². The maximum atomic E-state index is 11.3. The molecule has 2 atom stereocenters. The Balaban J connectivity index is 2.63. The van der Waals surface area contributed by atoms with E-state index in [9.17, 15) is 9.90 Å². The molecule has 0 aliphatic carbocycles. The molecule has 0 spiro atoms. The number of likely N-dealkylation sites (tertiary alicyclic amines) is 1. The zero-order chi connectivity index (χ0) is 12.3. The van der Waals surface area contributed by atoms with E-state index in [1.165, 1.54) is 0 Å². The highest BCUT2D eigenvalue weighted by Gasteiger charge is 2.34.